The SMILES string of the molecule is O=C1C(=O)N(c2ccc3c(c2)OCCO3)C(c2ccccc2)/C1=C(/O)c1c[nH]c2ccccc12. The van der Waals surface area contributed by atoms with Crippen molar-refractivity contribution in [2.45, 2.75) is 6.04 Å². The van der Waals surface area contributed by atoms with Gasteiger partial charge in [-0.05, 0) is 23.8 Å². The number of ketones is 1. The van der Waals surface area contributed by atoms with Gasteiger partial charge in [-0.2, -0.15) is 0 Å². The van der Waals surface area contributed by atoms with Crippen molar-refractivity contribution in [3.8, 4) is 11.5 Å². The zero-order valence-corrected chi connectivity index (χ0v) is 18.0. The van der Waals surface area contributed by atoms with Crippen molar-refractivity contribution in [1.82, 2.24) is 4.98 Å². The van der Waals surface area contributed by atoms with Gasteiger partial charge >= 0.3 is 0 Å². The summed E-state index contributed by atoms with van der Waals surface area (Å²) in [6, 6.07) is 21.0. The quantitative estimate of drug-likeness (QED) is 0.270. The number of hydrogen-bond acceptors (Lipinski definition) is 5. The minimum Gasteiger partial charge on any atom is -0.507 e. The van der Waals surface area contributed by atoms with Crippen molar-refractivity contribution in [3.63, 3.8) is 0 Å². The first-order chi connectivity index (χ1) is 16.6. The molecule has 1 aromatic heterocycles. The summed E-state index contributed by atoms with van der Waals surface area (Å²) < 4.78 is 11.3. The van der Waals surface area contributed by atoms with Crippen molar-refractivity contribution in [1.29, 1.82) is 0 Å². The molecule has 34 heavy (non-hydrogen) atoms. The van der Waals surface area contributed by atoms with Crippen LogP contribution in [0, 0.1) is 0 Å². The number of Topliss-reactive ketones (excluding diaryl/α,β-unsaturated/α-hetero) is 1. The normalized spacial score (nSPS) is 19.1. The Bertz CT molecular complexity index is 1470. The molecule has 1 fully saturated rings. The number of aliphatic hydroxyl groups excluding tert-OH is 1. The molecule has 1 unspecified atom stereocenters. The summed E-state index contributed by atoms with van der Waals surface area (Å²) >= 11 is 0. The maximum atomic E-state index is 13.4. The Kier molecular flexibility index (Phi) is 4.62. The number of amides is 1. The zero-order valence-electron chi connectivity index (χ0n) is 18.0. The largest absolute Gasteiger partial charge is 0.507 e. The number of carbonyl (C=O) groups is 2. The number of hydrogen-bond donors (Lipinski definition) is 2. The second kappa shape index (κ2) is 7.81. The number of benzene rings is 3. The molecule has 2 aliphatic heterocycles. The van der Waals surface area contributed by atoms with Gasteiger partial charge in [-0.1, -0.05) is 48.5 Å². The van der Waals surface area contributed by atoms with Gasteiger partial charge in [-0.25, -0.2) is 0 Å². The highest BCUT2D eigenvalue weighted by molar-refractivity contribution is 6.51. The summed E-state index contributed by atoms with van der Waals surface area (Å²) in [5.74, 6) is -0.584. The summed E-state index contributed by atoms with van der Waals surface area (Å²) in [6.07, 6.45) is 1.65. The Morgan fingerprint density at radius 3 is 2.47 bits per heavy atom. The Hall–Kier alpha value is -4.52. The highest BCUT2D eigenvalue weighted by atomic mass is 16.6. The van der Waals surface area contributed by atoms with Gasteiger partial charge in [-0.3, -0.25) is 14.5 Å². The van der Waals surface area contributed by atoms with E-state index in [-0.39, 0.29) is 11.3 Å². The van der Waals surface area contributed by atoms with Crippen LogP contribution in [0.25, 0.3) is 16.7 Å². The van der Waals surface area contributed by atoms with E-state index in [0.717, 1.165) is 10.9 Å². The summed E-state index contributed by atoms with van der Waals surface area (Å²) in [6.45, 7) is 0.851. The van der Waals surface area contributed by atoms with Crippen LogP contribution in [0.5, 0.6) is 11.5 Å². The molecule has 0 radical (unpaired) electrons. The fourth-order valence-corrected chi connectivity index (χ4v) is 4.64. The smallest absolute Gasteiger partial charge is 0.300 e. The Morgan fingerprint density at radius 1 is 0.912 bits per heavy atom. The molecule has 4 aromatic rings. The molecule has 2 N–H and O–H groups in total. The monoisotopic (exact) mass is 452 g/mol. The van der Waals surface area contributed by atoms with E-state index in [1.54, 1.807) is 24.4 Å². The number of aliphatic hydroxyl groups is 1. The van der Waals surface area contributed by atoms with Gasteiger partial charge in [0.1, 0.15) is 19.0 Å². The van der Waals surface area contributed by atoms with E-state index in [2.05, 4.69) is 4.98 Å². The number of nitrogens with zero attached hydrogens (tertiary/aromatic N) is 1. The predicted molar refractivity (Wildman–Crippen MR) is 127 cm³/mol. The van der Waals surface area contributed by atoms with Gasteiger partial charge in [0.05, 0.1) is 11.6 Å². The summed E-state index contributed by atoms with van der Waals surface area (Å²) in [7, 11) is 0. The summed E-state index contributed by atoms with van der Waals surface area (Å²) in [5, 5.41) is 12.2. The second-order valence-electron chi connectivity index (χ2n) is 8.16. The molecule has 0 bridgehead atoms. The first-order valence-electron chi connectivity index (χ1n) is 11.0. The lowest BCUT2D eigenvalue weighted by Gasteiger charge is -2.27. The lowest BCUT2D eigenvalue weighted by Crippen LogP contribution is -2.29. The number of aromatic amines is 1. The maximum Gasteiger partial charge on any atom is 0.300 e. The number of H-pyrrole nitrogens is 1. The zero-order chi connectivity index (χ0) is 23.2. The Morgan fingerprint density at radius 2 is 1.65 bits per heavy atom. The first-order valence-corrected chi connectivity index (χ1v) is 11.0. The van der Waals surface area contributed by atoms with Crippen LogP contribution < -0.4 is 14.4 Å². The highest BCUT2D eigenvalue weighted by Gasteiger charge is 2.47. The number of para-hydroxylation sites is 1. The number of aromatic nitrogens is 1. The minimum absolute atomic E-state index is 0.0378. The lowest BCUT2D eigenvalue weighted by molar-refractivity contribution is -0.132. The van der Waals surface area contributed by atoms with Crippen molar-refractivity contribution in [3.05, 3.63) is 95.7 Å². The molecule has 7 nitrogen and oxygen atoms in total. The van der Waals surface area contributed by atoms with E-state index < -0.39 is 17.7 Å². The standard InChI is InChI=1S/C27H20N2O5/c30-25(19-15-28-20-9-5-4-8-18(19)20)23-24(16-6-2-1-3-7-16)29(27(32)26(23)31)17-10-11-21-22(14-17)34-13-12-33-21/h1-11,14-15,24,28,30H,12-13H2/b25-23-. The molecule has 6 rings (SSSR count). The van der Waals surface area contributed by atoms with Crippen LogP contribution in [0.15, 0.2) is 84.6 Å². The van der Waals surface area contributed by atoms with Gasteiger partial charge in [0.2, 0.25) is 0 Å². The van der Waals surface area contributed by atoms with Crippen LogP contribution in [-0.4, -0.2) is 35.0 Å². The van der Waals surface area contributed by atoms with Crippen molar-refractivity contribution in [2.24, 2.45) is 0 Å². The average Bonchev–Trinajstić information content (AvgIpc) is 3.43. The van der Waals surface area contributed by atoms with E-state index in [4.69, 9.17) is 9.47 Å². The molecule has 0 aliphatic carbocycles. The van der Waals surface area contributed by atoms with E-state index in [1.807, 2.05) is 54.6 Å². The Labute approximate surface area is 194 Å². The minimum atomic E-state index is -0.808. The van der Waals surface area contributed by atoms with Gasteiger partial charge in [0.15, 0.2) is 11.5 Å². The van der Waals surface area contributed by atoms with Crippen LogP contribution in [0.1, 0.15) is 17.2 Å². The fraction of sp³-hybridized carbons (Fsp3) is 0.111. The van der Waals surface area contributed by atoms with Crippen LogP contribution in [0.3, 0.4) is 0 Å². The number of carbonyl (C=O) groups excluding carboxylic acids is 2. The molecular weight excluding hydrogens is 432 g/mol. The number of ether oxygens (including phenoxy) is 2. The van der Waals surface area contributed by atoms with Crippen LogP contribution in [0.4, 0.5) is 5.69 Å². The van der Waals surface area contributed by atoms with Crippen molar-refractivity contribution < 1.29 is 24.2 Å². The molecule has 168 valence electrons. The molecular formula is C27H20N2O5. The van der Waals surface area contributed by atoms with Gasteiger partial charge < -0.3 is 19.6 Å². The van der Waals surface area contributed by atoms with E-state index in [0.29, 0.717) is 41.5 Å². The topological polar surface area (TPSA) is 91.9 Å². The highest BCUT2D eigenvalue weighted by Crippen LogP contribution is 2.45. The summed E-state index contributed by atoms with van der Waals surface area (Å²) in [5.41, 5.74) is 2.52. The number of nitrogens with one attached hydrogen (secondary N) is 1. The molecule has 0 spiro atoms. The molecule has 1 amide bonds. The van der Waals surface area contributed by atoms with Crippen molar-refractivity contribution in [2.75, 3.05) is 18.1 Å². The van der Waals surface area contributed by atoms with Gasteiger partial charge in [0.25, 0.3) is 11.7 Å². The third-order valence-electron chi connectivity index (χ3n) is 6.21. The van der Waals surface area contributed by atoms with E-state index in [1.165, 1.54) is 4.90 Å². The fourth-order valence-electron chi connectivity index (χ4n) is 4.64. The maximum absolute atomic E-state index is 13.4. The average molecular weight is 452 g/mol. The predicted octanol–water partition coefficient (Wildman–Crippen LogP) is 4.57. The molecule has 7 heteroatoms. The summed E-state index contributed by atoms with van der Waals surface area (Å²) in [4.78, 5) is 31.2. The number of anilines is 1. The van der Waals surface area contributed by atoms with Gasteiger partial charge in [0, 0.05) is 34.4 Å². The van der Waals surface area contributed by atoms with Gasteiger partial charge in [-0.15, -0.1) is 0 Å². The Balaban J connectivity index is 1.56. The molecule has 1 atom stereocenters. The lowest BCUT2D eigenvalue weighted by atomic mass is 9.95. The third-order valence-corrected chi connectivity index (χ3v) is 6.21. The number of fused-ring (bicyclic) bond motifs is 2. The van der Waals surface area contributed by atoms with E-state index >= 15 is 0 Å². The van der Waals surface area contributed by atoms with Crippen LogP contribution in [-0.2, 0) is 9.59 Å². The second-order valence-corrected chi connectivity index (χ2v) is 8.16. The van der Waals surface area contributed by atoms with Crippen molar-refractivity contribution >= 4 is 34.0 Å². The number of rotatable bonds is 3. The molecule has 1 saturated heterocycles. The molecule has 2 aliphatic rings. The van der Waals surface area contributed by atoms with E-state index in [9.17, 15) is 14.7 Å². The van der Waals surface area contributed by atoms with Crippen LogP contribution >= 0.6 is 0 Å². The van der Waals surface area contributed by atoms with Crippen LogP contribution in [0.2, 0.25) is 0 Å². The first kappa shape index (κ1) is 20.1. The molecule has 0 saturated carbocycles. The third kappa shape index (κ3) is 3.05. The molecule has 3 heterocycles. The molecule has 3 aromatic carbocycles.